The molecule has 0 bridgehead atoms. The number of ether oxygens (including phenoxy) is 3. The second-order valence-corrected chi connectivity index (χ2v) is 10.5. The van der Waals surface area contributed by atoms with Crippen molar-refractivity contribution in [3.63, 3.8) is 0 Å². The van der Waals surface area contributed by atoms with Crippen molar-refractivity contribution in [3.05, 3.63) is 28.8 Å². The molecule has 2 unspecified atom stereocenters. The predicted octanol–water partition coefficient (Wildman–Crippen LogP) is 3.75. The van der Waals surface area contributed by atoms with Crippen LogP contribution >= 0.6 is 11.6 Å². The summed E-state index contributed by atoms with van der Waals surface area (Å²) < 4.78 is 16.3. The van der Waals surface area contributed by atoms with Crippen LogP contribution in [0.2, 0.25) is 5.02 Å². The standard InChI is InChI=1S/C25H38ClN3O5/c1-25(2,3)34-24(31)28-19-13-18(14-27-15-19)23(30)29(20-7-8-20)16-17-6-9-21(26)22(12-17)33-11-5-10-32-4/h6,9,12,18-20,27H,5,7-8,10-11,13-16H2,1-4H3,(H,28,31). The molecule has 9 heteroatoms. The second-order valence-electron chi connectivity index (χ2n) is 10.1. The van der Waals surface area contributed by atoms with Gasteiger partial charge in [0.15, 0.2) is 0 Å². The maximum atomic E-state index is 13.5. The number of hydrogen-bond donors (Lipinski definition) is 2. The smallest absolute Gasteiger partial charge is 0.407 e. The number of carbonyl (C=O) groups is 2. The van der Waals surface area contributed by atoms with E-state index in [-0.39, 0.29) is 23.9 Å². The van der Waals surface area contributed by atoms with Crippen LogP contribution in [-0.2, 0) is 20.8 Å². The van der Waals surface area contributed by atoms with Gasteiger partial charge < -0.3 is 29.7 Å². The van der Waals surface area contributed by atoms with Crippen LogP contribution in [0.15, 0.2) is 18.2 Å². The van der Waals surface area contributed by atoms with E-state index in [1.165, 1.54) is 0 Å². The molecule has 190 valence electrons. The average Bonchev–Trinajstić information content (AvgIpc) is 3.60. The molecular formula is C25H38ClN3O5. The fourth-order valence-electron chi connectivity index (χ4n) is 4.06. The van der Waals surface area contributed by atoms with E-state index < -0.39 is 11.7 Å². The van der Waals surface area contributed by atoms with Crippen LogP contribution in [0, 0.1) is 5.92 Å². The fourth-order valence-corrected chi connectivity index (χ4v) is 4.23. The Balaban J connectivity index is 1.61. The SMILES string of the molecule is COCCCOc1cc(CN(C(=O)C2CNCC(NC(=O)OC(C)(C)C)C2)C2CC2)ccc1Cl. The van der Waals surface area contributed by atoms with Crippen molar-refractivity contribution in [2.24, 2.45) is 5.92 Å². The molecule has 2 atom stereocenters. The molecular weight excluding hydrogens is 458 g/mol. The number of hydrogen-bond acceptors (Lipinski definition) is 6. The van der Waals surface area contributed by atoms with Crippen molar-refractivity contribution in [3.8, 4) is 5.75 Å². The van der Waals surface area contributed by atoms with Crippen molar-refractivity contribution in [1.29, 1.82) is 0 Å². The molecule has 1 saturated carbocycles. The van der Waals surface area contributed by atoms with E-state index in [1.54, 1.807) is 7.11 Å². The Kier molecular flexibility index (Phi) is 9.45. The highest BCUT2D eigenvalue weighted by atomic mass is 35.5. The molecule has 0 aromatic heterocycles. The molecule has 0 spiro atoms. The molecule has 2 fully saturated rings. The minimum Gasteiger partial charge on any atom is -0.492 e. The Morgan fingerprint density at radius 3 is 2.65 bits per heavy atom. The molecule has 1 aromatic rings. The predicted molar refractivity (Wildman–Crippen MR) is 131 cm³/mol. The van der Waals surface area contributed by atoms with E-state index in [9.17, 15) is 9.59 Å². The van der Waals surface area contributed by atoms with Crippen molar-refractivity contribution in [2.45, 2.75) is 70.7 Å². The van der Waals surface area contributed by atoms with E-state index in [4.69, 9.17) is 25.8 Å². The molecule has 34 heavy (non-hydrogen) atoms. The van der Waals surface area contributed by atoms with Gasteiger partial charge in [0.1, 0.15) is 11.4 Å². The van der Waals surface area contributed by atoms with Crippen LogP contribution in [0.4, 0.5) is 4.79 Å². The Labute approximate surface area is 207 Å². The van der Waals surface area contributed by atoms with Gasteiger partial charge in [0.25, 0.3) is 0 Å². The fraction of sp³-hybridized carbons (Fsp3) is 0.680. The van der Waals surface area contributed by atoms with Crippen molar-refractivity contribution in [2.75, 3.05) is 33.4 Å². The van der Waals surface area contributed by atoms with Crippen molar-refractivity contribution < 1.29 is 23.8 Å². The topological polar surface area (TPSA) is 89.1 Å². The van der Waals surface area contributed by atoms with Gasteiger partial charge in [0.2, 0.25) is 5.91 Å². The number of halogens is 1. The molecule has 1 saturated heterocycles. The third-order valence-electron chi connectivity index (χ3n) is 5.79. The third-order valence-corrected chi connectivity index (χ3v) is 6.10. The van der Waals surface area contributed by atoms with Crippen LogP contribution in [0.5, 0.6) is 5.75 Å². The van der Waals surface area contributed by atoms with Gasteiger partial charge in [-0.05, 0) is 57.7 Å². The Bertz CT molecular complexity index is 840. The molecule has 2 amide bonds. The first-order valence-corrected chi connectivity index (χ1v) is 12.4. The summed E-state index contributed by atoms with van der Waals surface area (Å²) in [6, 6.07) is 5.79. The lowest BCUT2D eigenvalue weighted by Crippen LogP contribution is -2.53. The lowest BCUT2D eigenvalue weighted by atomic mass is 9.94. The Morgan fingerprint density at radius 1 is 1.21 bits per heavy atom. The van der Waals surface area contributed by atoms with Gasteiger partial charge in [-0.25, -0.2) is 4.79 Å². The van der Waals surface area contributed by atoms with Gasteiger partial charge in [0.05, 0.1) is 17.5 Å². The molecule has 8 nitrogen and oxygen atoms in total. The van der Waals surface area contributed by atoms with Crippen molar-refractivity contribution in [1.82, 2.24) is 15.5 Å². The summed E-state index contributed by atoms with van der Waals surface area (Å²) >= 11 is 6.31. The maximum Gasteiger partial charge on any atom is 0.407 e. The second kappa shape index (κ2) is 12.1. The summed E-state index contributed by atoms with van der Waals surface area (Å²) in [7, 11) is 1.66. The molecule has 2 N–H and O–H groups in total. The first kappa shape index (κ1) is 26.6. The average molecular weight is 496 g/mol. The number of amides is 2. The normalized spacial score (nSPS) is 20.5. The van der Waals surface area contributed by atoms with E-state index in [2.05, 4.69) is 10.6 Å². The van der Waals surface area contributed by atoms with Gasteiger partial charge in [0, 0.05) is 51.9 Å². The number of piperidine rings is 1. The zero-order valence-electron chi connectivity index (χ0n) is 20.7. The van der Waals surface area contributed by atoms with Gasteiger partial charge in [-0.15, -0.1) is 0 Å². The highest BCUT2D eigenvalue weighted by molar-refractivity contribution is 6.32. The van der Waals surface area contributed by atoms with Crippen LogP contribution in [0.25, 0.3) is 0 Å². The summed E-state index contributed by atoms with van der Waals surface area (Å²) in [5.74, 6) is 0.536. The quantitative estimate of drug-likeness (QED) is 0.480. The zero-order chi connectivity index (χ0) is 24.7. The molecule has 1 aliphatic heterocycles. The number of alkyl carbamates (subject to hydrolysis) is 1. The minimum atomic E-state index is -0.560. The highest BCUT2D eigenvalue weighted by Gasteiger charge is 2.38. The molecule has 2 aliphatic rings. The Morgan fingerprint density at radius 2 is 1.97 bits per heavy atom. The van der Waals surface area contributed by atoms with E-state index >= 15 is 0 Å². The third kappa shape index (κ3) is 8.32. The number of carbonyl (C=O) groups excluding carboxylic acids is 2. The largest absolute Gasteiger partial charge is 0.492 e. The lowest BCUT2D eigenvalue weighted by molar-refractivity contribution is -0.137. The minimum absolute atomic E-state index is 0.114. The van der Waals surface area contributed by atoms with Crippen LogP contribution in [0.1, 0.15) is 52.0 Å². The Hall–Kier alpha value is -2.03. The molecule has 3 rings (SSSR count). The van der Waals surface area contributed by atoms with E-state index in [0.717, 1.165) is 24.8 Å². The van der Waals surface area contributed by atoms with E-state index in [1.807, 2.05) is 43.9 Å². The number of benzene rings is 1. The number of methoxy groups -OCH3 is 1. The molecule has 1 aromatic carbocycles. The van der Waals surface area contributed by atoms with Gasteiger partial charge in [-0.3, -0.25) is 4.79 Å². The van der Waals surface area contributed by atoms with Crippen molar-refractivity contribution >= 4 is 23.6 Å². The summed E-state index contributed by atoms with van der Waals surface area (Å²) in [5, 5.41) is 6.75. The monoisotopic (exact) mass is 495 g/mol. The molecule has 0 radical (unpaired) electrons. The summed E-state index contributed by atoms with van der Waals surface area (Å²) in [4.78, 5) is 27.7. The zero-order valence-corrected chi connectivity index (χ0v) is 21.5. The first-order valence-electron chi connectivity index (χ1n) is 12.1. The summed E-state index contributed by atoms with van der Waals surface area (Å²) in [5.41, 5.74) is 0.424. The van der Waals surface area contributed by atoms with Crippen LogP contribution in [0.3, 0.4) is 0 Å². The summed E-state index contributed by atoms with van der Waals surface area (Å²) in [6.07, 6.45) is 2.93. The number of nitrogens with one attached hydrogen (secondary N) is 2. The van der Waals surface area contributed by atoms with E-state index in [0.29, 0.717) is 50.0 Å². The lowest BCUT2D eigenvalue weighted by Gasteiger charge is -2.34. The van der Waals surface area contributed by atoms with Gasteiger partial charge >= 0.3 is 6.09 Å². The summed E-state index contributed by atoms with van der Waals surface area (Å²) in [6.45, 7) is 8.36. The van der Waals surface area contributed by atoms with Crippen LogP contribution in [-0.4, -0.2) is 68.0 Å². The first-order chi connectivity index (χ1) is 16.2. The van der Waals surface area contributed by atoms with Crippen LogP contribution < -0.4 is 15.4 Å². The van der Waals surface area contributed by atoms with Gasteiger partial charge in [-0.1, -0.05) is 17.7 Å². The highest BCUT2D eigenvalue weighted by Crippen LogP contribution is 2.33. The maximum absolute atomic E-state index is 13.5. The molecule has 1 aliphatic carbocycles. The number of nitrogens with zero attached hydrogens (tertiary/aromatic N) is 1. The number of rotatable bonds is 10. The molecule has 1 heterocycles. The van der Waals surface area contributed by atoms with Gasteiger partial charge in [-0.2, -0.15) is 0 Å².